The number of aryl methyl sites for hydroxylation is 1. The van der Waals surface area contributed by atoms with Gasteiger partial charge in [-0.15, -0.1) is 11.3 Å². The number of benzene rings is 1. The quantitative estimate of drug-likeness (QED) is 0.623. The highest BCUT2D eigenvalue weighted by Crippen LogP contribution is 2.39. The minimum Gasteiger partial charge on any atom is -0.336 e. The van der Waals surface area contributed by atoms with Crippen LogP contribution >= 0.6 is 11.3 Å². The average Bonchev–Trinajstić information content (AvgIpc) is 3.37. The van der Waals surface area contributed by atoms with Crippen LogP contribution < -0.4 is 4.90 Å². The second kappa shape index (κ2) is 7.29. The molecule has 4 heterocycles. The normalized spacial score (nSPS) is 16.6. The van der Waals surface area contributed by atoms with Crippen molar-refractivity contribution in [1.82, 2.24) is 9.88 Å². The lowest BCUT2D eigenvalue weighted by molar-refractivity contribution is -0.137. The summed E-state index contributed by atoms with van der Waals surface area (Å²) in [4.78, 5) is 35.2. The van der Waals surface area contributed by atoms with Crippen molar-refractivity contribution >= 4 is 34.4 Å². The molecule has 2 aliphatic heterocycles. The highest BCUT2D eigenvalue weighted by molar-refractivity contribution is 7.11. The number of pyridine rings is 1. The minimum atomic E-state index is -0.237. The first-order chi connectivity index (χ1) is 14.2. The molecule has 29 heavy (non-hydrogen) atoms. The lowest BCUT2D eigenvalue weighted by atomic mass is 10.00. The van der Waals surface area contributed by atoms with Gasteiger partial charge in [0, 0.05) is 29.5 Å². The molecule has 2 amide bonds. The fourth-order valence-electron chi connectivity index (χ4n) is 4.04. The molecule has 0 aliphatic carbocycles. The third kappa shape index (κ3) is 3.06. The largest absolute Gasteiger partial charge is 0.336 e. The third-order valence-corrected chi connectivity index (χ3v) is 6.24. The van der Waals surface area contributed by atoms with Crippen LogP contribution in [-0.2, 0) is 22.6 Å². The van der Waals surface area contributed by atoms with Crippen LogP contribution in [0.2, 0.25) is 0 Å². The molecule has 2 aromatic heterocycles. The Morgan fingerprint density at radius 2 is 1.90 bits per heavy atom. The molecule has 0 spiro atoms. The summed E-state index contributed by atoms with van der Waals surface area (Å²) in [5.74, 6) is -0.474. The number of para-hydroxylation sites is 1. The van der Waals surface area contributed by atoms with Gasteiger partial charge in [0.15, 0.2) is 0 Å². The highest BCUT2D eigenvalue weighted by Gasteiger charge is 2.43. The van der Waals surface area contributed by atoms with Gasteiger partial charge in [0.2, 0.25) is 0 Å². The Hall–Kier alpha value is -3.25. The number of amides is 2. The number of aromatic nitrogens is 1. The fourth-order valence-corrected chi connectivity index (χ4v) is 4.80. The summed E-state index contributed by atoms with van der Waals surface area (Å²) >= 11 is 1.49. The second-order valence-electron chi connectivity index (χ2n) is 7.14. The highest BCUT2D eigenvalue weighted by atomic mass is 32.1. The molecule has 0 atom stereocenters. The lowest BCUT2D eigenvalue weighted by Crippen LogP contribution is -2.36. The van der Waals surface area contributed by atoms with Crippen LogP contribution in [0.5, 0.6) is 0 Å². The van der Waals surface area contributed by atoms with E-state index in [1.165, 1.54) is 21.8 Å². The van der Waals surface area contributed by atoms with Crippen LogP contribution in [0, 0.1) is 0 Å². The van der Waals surface area contributed by atoms with Gasteiger partial charge in [-0.05, 0) is 47.5 Å². The first-order valence-corrected chi connectivity index (χ1v) is 10.5. The smallest absolute Gasteiger partial charge is 0.278 e. The number of carbonyl (C=O) groups excluding carboxylic acids is 2. The van der Waals surface area contributed by atoms with Gasteiger partial charge in [0.05, 0.1) is 12.1 Å². The zero-order valence-electron chi connectivity index (χ0n) is 15.7. The van der Waals surface area contributed by atoms with Gasteiger partial charge in [-0.3, -0.25) is 19.5 Å². The number of hydrogen-bond donors (Lipinski definition) is 0. The summed E-state index contributed by atoms with van der Waals surface area (Å²) in [7, 11) is 0. The van der Waals surface area contributed by atoms with Gasteiger partial charge in [0.1, 0.15) is 5.70 Å². The van der Waals surface area contributed by atoms with Crippen LogP contribution in [-0.4, -0.2) is 28.2 Å². The van der Waals surface area contributed by atoms with E-state index in [1.54, 1.807) is 12.4 Å². The molecule has 0 N–H and O–H groups in total. The SMILES string of the molecule is O=C1C(c2cccs2)=C(N2CCCc3ccccc32)C(=O)N1Cc1cccnc1. The first-order valence-electron chi connectivity index (χ1n) is 9.63. The monoisotopic (exact) mass is 401 g/mol. The number of rotatable bonds is 4. The second-order valence-corrected chi connectivity index (χ2v) is 8.09. The van der Waals surface area contributed by atoms with Crippen molar-refractivity contribution in [3.05, 3.63) is 88.0 Å². The molecule has 0 saturated carbocycles. The summed E-state index contributed by atoms with van der Waals surface area (Å²) in [6.45, 7) is 0.945. The van der Waals surface area contributed by atoms with E-state index in [0.717, 1.165) is 35.5 Å². The van der Waals surface area contributed by atoms with Crippen LogP contribution in [0.4, 0.5) is 5.69 Å². The summed E-state index contributed by atoms with van der Waals surface area (Å²) in [6.07, 6.45) is 5.31. The van der Waals surface area contributed by atoms with Crippen molar-refractivity contribution in [1.29, 1.82) is 0 Å². The van der Waals surface area contributed by atoms with E-state index >= 15 is 0 Å². The number of imide groups is 1. The average molecular weight is 401 g/mol. The molecule has 1 aromatic carbocycles. The Bertz CT molecular complexity index is 1110. The molecule has 0 saturated heterocycles. The van der Waals surface area contributed by atoms with E-state index in [4.69, 9.17) is 0 Å². The van der Waals surface area contributed by atoms with Gasteiger partial charge >= 0.3 is 0 Å². The maximum atomic E-state index is 13.5. The van der Waals surface area contributed by atoms with E-state index in [1.807, 2.05) is 52.7 Å². The third-order valence-electron chi connectivity index (χ3n) is 5.35. The van der Waals surface area contributed by atoms with Gasteiger partial charge in [0.25, 0.3) is 11.8 Å². The van der Waals surface area contributed by atoms with Crippen LogP contribution in [0.25, 0.3) is 5.57 Å². The van der Waals surface area contributed by atoms with E-state index in [2.05, 4.69) is 11.1 Å². The van der Waals surface area contributed by atoms with Gasteiger partial charge in [-0.25, -0.2) is 0 Å². The Balaban J connectivity index is 1.61. The van der Waals surface area contributed by atoms with Gasteiger partial charge in [-0.2, -0.15) is 0 Å². The zero-order chi connectivity index (χ0) is 19.8. The summed E-state index contributed by atoms with van der Waals surface area (Å²) in [6, 6.07) is 15.7. The minimum absolute atomic E-state index is 0.222. The Labute approximate surface area is 172 Å². The van der Waals surface area contributed by atoms with E-state index in [-0.39, 0.29) is 18.4 Å². The molecule has 5 nitrogen and oxygen atoms in total. The number of thiophene rings is 1. The standard InChI is InChI=1S/C23H19N3O2S/c27-22-20(19-10-5-13-29-19)21(23(28)26(22)15-16-6-3-11-24-14-16)25-12-4-8-17-7-1-2-9-18(17)25/h1-3,5-7,9-11,13-14H,4,8,12,15H2. The number of nitrogens with zero attached hydrogens (tertiary/aromatic N) is 3. The first kappa shape index (κ1) is 17.8. The number of anilines is 1. The van der Waals surface area contributed by atoms with Crippen molar-refractivity contribution in [3.8, 4) is 0 Å². The Kier molecular flexibility index (Phi) is 4.48. The van der Waals surface area contributed by atoms with E-state index in [0.29, 0.717) is 11.3 Å². The lowest BCUT2D eigenvalue weighted by Gasteiger charge is -2.32. The molecule has 5 rings (SSSR count). The number of hydrogen-bond acceptors (Lipinski definition) is 5. The van der Waals surface area contributed by atoms with Gasteiger partial charge < -0.3 is 4.90 Å². The molecule has 0 radical (unpaired) electrons. The van der Waals surface area contributed by atoms with Crippen LogP contribution in [0.3, 0.4) is 0 Å². The topological polar surface area (TPSA) is 53.5 Å². The molecule has 0 fully saturated rings. The summed E-state index contributed by atoms with van der Waals surface area (Å²) < 4.78 is 0. The maximum absolute atomic E-state index is 13.5. The van der Waals surface area contributed by atoms with Crippen LogP contribution in [0.15, 0.2) is 72.0 Å². The van der Waals surface area contributed by atoms with E-state index in [9.17, 15) is 9.59 Å². The van der Waals surface area contributed by atoms with Crippen molar-refractivity contribution in [2.75, 3.05) is 11.4 Å². The number of carbonyl (C=O) groups is 2. The molecular formula is C23H19N3O2S. The van der Waals surface area contributed by atoms with E-state index < -0.39 is 0 Å². The Morgan fingerprint density at radius 3 is 2.69 bits per heavy atom. The summed E-state index contributed by atoms with van der Waals surface area (Å²) in [5, 5.41) is 1.94. The fraction of sp³-hybridized carbons (Fsp3) is 0.174. The summed E-state index contributed by atoms with van der Waals surface area (Å²) in [5.41, 5.74) is 4.06. The molecule has 6 heteroatoms. The van der Waals surface area contributed by atoms with Crippen molar-refractivity contribution in [2.24, 2.45) is 0 Å². The van der Waals surface area contributed by atoms with Crippen molar-refractivity contribution in [2.45, 2.75) is 19.4 Å². The number of fused-ring (bicyclic) bond motifs is 1. The zero-order valence-corrected chi connectivity index (χ0v) is 16.6. The Morgan fingerprint density at radius 1 is 1.00 bits per heavy atom. The van der Waals surface area contributed by atoms with Crippen molar-refractivity contribution < 1.29 is 9.59 Å². The molecule has 2 aliphatic rings. The predicted octanol–water partition coefficient (Wildman–Crippen LogP) is 3.88. The predicted molar refractivity (Wildman–Crippen MR) is 113 cm³/mol. The molecule has 3 aromatic rings. The van der Waals surface area contributed by atoms with Gasteiger partial charge in [-0.1, -0.05) is 30.3 Å². The van der Waals surface area contributed by atoms with Crippen molar-refractivity contribution in [3.63, 3.8) is 0 Å². The maximum Gasteiger partial charge on any atom is 0.278 e. The van der Waals surface area contributed by atoms with Crippen LogP contribution in [0.1, 0.15) is 22.4 Å². The molecule has 0 unspecified atom stereocenters. The molecule has 144 valence electrons. The molecular weight excluding hydrogens is 382 g/mol. The molecule has 0 bridgehead atoms.